The number of ether oxygens (including phenoxy) is 1. The van der Waals surface area contributed by atoms with Crippen molar-refractivity contribution in [1.82, 2.24) is 5.32 Å². The van der Waals surface area contributed by atoms with E-state index in [9.17, 15) is 9.50 Å². The van der Waals surface area contributed by atoms with Gasteiger partial charge in [0.15, 0.2) is 0 Å². The van der Waals surface area contributed by atoms with Crippen LogP contribution in [0, 0.1) is 5.82 Å². The van der Waals surface area contributed by atoms with Gasteiger partial charge in [0.1, 0.15) is 18.2 Å². The summed E-state index contributed by atoms with van der Waals surface area (Å²) in [6, 6.07) is 26.0. The van der Waals surface area contributed by atoms with E-state index in [1.807, 2.05) is 66.7 Å². The summed E-state index contributed by atoms with van der Waals surface area (Å²) in [4.78, 5) is 0. The van der Waals surface area contributed by atoms with Crippen molar-refractivity contribution in [2.75, 3.05) is 6.54 Å². The van der Waals surface area contributed by atoms with Gasteiger partial charge in [-0.25, -0.2) is 4.39 Å². The standard InChI is InChI=1S/C26H23ClFNO2/c27-23-11-6-12-24(28)22(23)17-31-26-14-13-18-7-4-5-10-20(18)21(26)15-29-16-25(30)19-8-2-1-3-9-19/h1-14,25,29-30H,15-17H2. The molecule has 1 atom stereocenters. The molecule has 0 aliphatic heterocycles. The van der Waals surface area contributed by atoms with Crippen molar-refractivity contribution in [1.29, 1.82) is 0 Å². The minimum atomic E-state index is -0.613. The Bertz CT molecular complexity index is 1150. The number of aliphatic hydroxyl groups excluding tert-OH is 1. The normalized spacial score (nSPS) is 12.1. The molecule has 158 valence electrons. The maximum atomic E-state index is 14.2. The highest BCUT2D eigenvalue weighted by Crippen LogP contribution is 2.30. The van der Waals surface area contributed by atoms with Crippen LogP contribution in [0.25, 0.3) is 10.8 Å². The Morgan fingerprint density at radius 2 is 1.65 bits per heavy atom. The molecule has 0 fully saturated rings. The summed E-state index contributed by atoms with van der Waals surface area (Å²) >= 11 is 6.15. The Labute approximate surface area is 186 Å². The number of rotatable bonds is 8. The van der Waals surface area contributed by atoms with Gasteiger partial charge in [0.05, 0.1) is 11.1 Å². The molecule has 0 saturated carbocycles. The fourth-order valence-corrected chi connectivity index (χ4v) is 3.80. The third-order valence-electron chi connectivity index (χ3n) is 5.26. The van der Waals surface area contributed by atoms with E-state index in [4.69, 9.17) is 16.3 Å². The average molecular weight is 436 g/mol. The number of halogens is 2. The first kappa shape index (κ1) is 21.3. The second kappa shape index (κ2) is 9.92. The summed E-state index contributed by atoms with van der Waals surface area (Å²) < 4.78 is 20.2. The Hall–Kier alpha value is -2.92. The van der Waals surface area contributed by atoms with E-state index in [1.165, 1.54) is 6.07 Å². The smallest absolute Gasteiger partial charge is 0.131 e. The zero-order valence-electron chi connectivity index (χ0n) is 16.9. The predicted molar refractivity (Wildman–Crippen MR) is 123 cm³/mol. The van der Waals surface area contributed by atoms with Crippen LogP contribution in [-0.4, -0.2) is 11.7 Å². The number of fused-ring (bicyclic) bond motifs is 1. The number of hydrogen-bond acceptors (Lipinski definition) is 3. The summed E-state index contributed by atoms with van der Waals surface area (Å²) in [5, 5.41) is 16.2. The molecule has 4 rings (SSSR count). The highest BCUT2D eigenvalue weighted by Gasteiger charge is 2.13. The Morgan fingerprint density at radius 3 is 2.45 bits per heavy atom. The monoisotopic (exact) mass is 435 g/mol. The molecule has 0 spiro atoms. The minimum absolute atomic E-state index is 0.0312. The van der Waals surface area contributed by atoms with Crippen molar-refractivity contribution in [3.63, 3.8) is 0 Å². The van der Waals surface area contributed by atoms with Gasteiger partial charge in [-0.15, -0.1) is 0 Å². The summed E-state index contributed by atoms with van der Waals surface area (Å²) in [5.41, 5.74) is 2.14. The Morgan fingerprint density at radius 1 is 0.871 bits per heavy atom. The van der Waals surface area contributed by atoms with Crippen LogP contribution in [0.1, 0.15) is 22.8 Å². The second-order valence-electron chi connectivity index (χ2n) is 7.31. The zero-order chi connectivity index (χ0) is 21.6. The summed E-state index contributed by atoms with van der Waals surface area (Å²) in [6.45, 7) is 0.918. The molecule has 0 radical (unpaired) electrons. The van der Waals surface area contributed by atoms with Crippen LogP contribution in [0.3, 0.4) is 0 Å². The fraction of sp³-hybridized carbons (Fsp3) is 0.154. The van der Waals surface area contributed by atoms with Crippen LogP contribution in [0.5, 0.6) is 5.75 Å². The predicted octanol–water partition coefficient (Wildman–Crippen LogP) is 6.03. The van der Waals surface area contributed by atoms with Gasteiger partial charge >= 0.3 is 0 Å². The molecule has 0 aromatic heterocycles. The van der Waals surface area contributed by atoms with E-state index >= 15 is 0 Å². The molecule has 5 heteroatoms. The van der Waals surface area contributed by atoms with Crippen molar-refractivity contribution < 1.29 is 14.2 Å². The van der Waals surface area contributed by atoms with Gasteiger partial charge in [0.25, 0.3) is 0 Å². The lowest BCUT2D eigenvalue weighted by atomic mass is 10.0. The number of aliphatic hydroxyl groups is 1. The van der Waals surface area contributed by atoms with Crippen molar-refractivity contribution in [2.45, 2.75) is 19.3 Å². The molecule has 31 heavy (non-hydrogen) atoms. The second-order valence-corrected chi connectivity index (χ2v) is 7.72. The molecule has 0 saturated heterocycles. The van der Waals surface area contributed by atoms with Crippen molar-refractivity contribution in [3.8, 4) is 5.75 Å². The minimum Gasteiger partial charge on any atom is -0.488 e. The molecular weight excluding hydrogens is 413 g/mol. The lowest BCUT2D eigenvalue weighted by molar-refractivity contribution is 0.174. The van der Waals surface area contributed by atoms with Gasteiger partial charge < -0.3 is 15.2 Å². The lowest BCUT2D eigenvalue weighted by Gasteiger charge is -2.17. The SMILES string of the molecule is OC(CNCc1c(OCc2c(F)cccc2Cl)ccc2ccccc12)c1ccccc1. The molecule has 4 aromatic rings. The van der Waals surface area contributed by atoms with Gasteiger partial charge in [-0.1, -0.05) is 78.3 Å². The van der Waals surface area contributed by atoms with Gasteiger partial charge in [0, 0.05) is 24.2 Å². The van der Waals surface area contributed by atoms with Crippen LogP contribution in [0.4, 0.5) is 4.39 Å². The van der Waals surface area contributed by atoms with E-state index in [0.717, 1.165) is 21.9 Å². The molecule has 1 unspecified atom stereocenters. The molecule has 0 amide bonds. The highest BCUT2D eigenvalue weighted by molar-refractivity contribution is 6.31. The van der Waals surface area contributed by atoms with Gasteiger partial charge in [-0.3, -0.25) is 0 Å². The number of nitrogens with one attached hydrogen (secondary N) is 1. The summed E-state index contributed by atoms with van der Waals surface area (Å²) in [5.74, 6) is 0.263. The van der Waals surface area contributed by atoms with Crippen LogP contribution >= 0.6 is 11.6 Å². The van der Waals surface area contributed by atoms with E-state index in [2.05, 4.69) is 5.32 Å². The van der Waals surface area contributed by atoms with Crippen LogP contribution < -0.4 is 10.1 Å². The maximum Gasteiger partial charge on any atom is 0.131 e. The topological polar surface area (TPSA) is 41.5 Å². The number of benzene rings is 4. The largest absolute Gasteiger partial charge is 0.488 e. The highest BCUT2D eigenvalue weighted by atomic mass is 35.5. The molecule has 3 nitrogen and oxygen atoms in total. The van der Waals surface area contributed by atoms with E-state index in [-0.39, 0.29) is 12.4 Å². The van der Waals surface area contributed by atoms with Crippen molar-refractivity contribution in [2.24, 2.45) is 0 Å². The van der Waals surface area contributed by atoms with E-state index in [0.29, 0.717) is 29.4 Å². The molecule has 0 bridgehead atoms. The van der Waals surface area contributed by atoms with Gasteiger partial charge in [-0.2, -0.15) is 0 Å². The van der Waals surface area contributed by atoms with Gasteiger partial charge in [0.2, 0.25) is 0 Å². The van der Waals surface area contributed by atoms with Crippen molar-refractivity contribution >= 4 is 22.4 Å². The average Bonchev–Trinajstić information content (AvgIpc) is 2.80. The van der Waals surface area contributed by atoms with Crippen LogP contribution in [0.2, 0.25) is 5.02 Å². The molecule has 0 aliphatic rings. The molecular formula is C26H23ClFNO2. The van der Waals surface area contributed by atoms with Crippen LogP contribution in [-0.2, 0) is 13.2 Å². The molecule has 2 N–H and O–H groups in total. The molecule has 4 aromatic carbocycles. The fourth-order valence-electron chi connectivity index (χ4n) is 3.58. The Balaban J connectivity index is 1.54. The third kappa shape index (κ3) is 5.05. The maximum absolute atomic E-state index is 14.2. The van der Waals surface area contributed by atoms with E-state index < -0.39 is 6.10 Å². The van der Waals surface area contributed by atoms with Crippen LogP contribution in [0.15, 0.2) is 84.9 Å². The quantitative estimate of drug-likeness (QED) is 0.355. The lowest BCUT2D eigenvalue weighted by Crippen LogP contribution is -2.21. The van der Waals surface area contributed by atoms with E-state index in [1.54, 1.807) is 12.1 Å². The molecule has 0 aliphatic carbocycles. The summed E-state index contributed by atoms with van der Waals surface area (Å²) in [6.07, 6.45) is -0.613. The Kier molecular flexibility index (Phi) is 6.82. The zero-order valence-corrected chi connectivity index (χ0v) is 17.6. The first-order valence-corrected chi connectivity index (χ1v) is 10.5. The first-order chi connectivity index (χ1) is 15.1. The van der Waals surface area contributed by atoms with Crippen molar-refractivity contribution in [3.05, 3.63) is 112 Å². The third-order valence-corrected chi connectivity index (χ3v) is 5.61. The van der Waals surface area contributed by atoms with Gasteiger partial charge in [-0.05, 0) is 34.5 Å². The molecule has 0 heterocycles. The number of hydrogen-bond donors (Lipinski definition) is 2. The summed E-state index contributed by atoms with van der Waals surface area (Å²) in [7, 11) is 0. The first-order valence-electron chi connectivity index (χ1n) is 10.1.